The molecule has 0 aliphatic rings. The van der Waals surface area contributed by atoms with E-state index >= 15 is 0 Å². The molecule has 2 aromatic carbocycles. The summed E-state index contributed by atoms with van der Waals surface area (Å²) >= 11 is 6.21. The van der Waals surface area contributed by atoms with Crippen molar-refractivity contribution in [1.29, 1.82) is 0 Å². The summed E-state index contributed by atoms with van der Waals surface area (Å²) in [6.45, 7) is 1.90. The van der Waals surface area contributed by atoms with Crippen molar-refractivity contribution in [3.63, 3.8) is 0 Å². The summed E-state index contributed by atoms with van der Waals surface area (Å²) in [6, 6.07) is 15.4. The molecule has 0 aliphatic carbocycles. The first-order valence-electron chi connectivity index (χ1n) is 7.38. The van der Waals surface area contributed by atoms with Crippen LogP contribution in [0.15, 0.2) is 60.0 Å². The maximum Gasteiger partial charge on any atom is 0.185 e. The van der Waals surface area contributed by atoms with Crippen LogP contribution in [-0.4, -0.2) is 25.5 Å². The highest BCUT2D eigenvalue weighted by Crippen LogP contribution is 2.24. The minimum atomic E-state index is 0.629. The monoisotopic (exact) mass is 336 g/mol. The molecule has 0 bridgehead atoms. The molecule has 0 saturated heterocycles. The molecule has 7 heteroatoms. The van der Waals surface area contributed by atoms with E-state index in [0.29, 0.717) is 16.5 Å². The van der Waals surface area contributed by atoms with Gasteiger partial charge in [0.25, 0.3) is 0 Å². The summed E-state index contributed by atoms with van der Waals surface area (Å²) in [5.41, 5.74) is 5.40. The highest BCUT2D eigenvalue weighted by atomic mass is 35.5. The number of anilines is 1. The zero-order chi connectivity index (χ0) is 16.5. The molecule has 6 nitrogen and oxygen atoms in total. The predicted octanol–water partition coefficient (Wildman–Crippen LogP) is 3.77. The van der Waals surface area contributed by atoms with Crippen molar-refractivity contribution in [3.05, 3.63) is 65.4 Å². The summed E-state index contributed by atoms with van der Waals surface area (Å²) in [7, 11) is 0. The van der Waals surface area contributed by atoms with Gasteiger partial charge in [-0.1, -0.05) is 54.1 Å². The Hall–Kier alpha value is -2.99. The van der Waals surface area contributed by atoms with Gasteiger partial charge in [-0.25, -0.2) is 0 Å². The van der Waals surface area contributed by atoms with Crippen LogP contribution in [0.1, 0.15) is 12.5 Å². The van der Waals surface area contributed by atoms with E-state index in [2.05, 4.69) is 25.8 Å². The van der Waals surface area contributed by atoms with Gasteiger partial charge in [0.15, 0.2) is 11.5 Å². The average Bonchev–Trinajstić information content (AvgIpc) is 3.08. The average molecular weight is 337 g/mol. The lowest BCUT2D eigenvalue weighted by Gasteiger charge is -2.08. The van der Waals surface area contributed by atoms with Gasteiger partial charge in [0.1, 0.15) is 6.33 Å². The van der Waals surface area contributed by atoms with Gasteiger partial charge >= 0.3 is 0 Å². The molecule has 0 saturated carbocycles. The number of hydrogen-bond donors (Lipinski definition) is 1. The van der Waals surface area contributed by atoms with E-state index in [1.54, 1.807) is 10.8 Å². The van der Waals surface area contributed by atoms with Gasteiger partial charge in [0.2, 0.25) is 0 Å². The van der Waals surface area contributed by atoms with Crippen molar-refractivity contribution in [2.24, 2.45) is 5.10 Å². The van der Waals surface area contributed by atoms with Gasteiger partial charge in [-0.2, -0.15) is 9.62 Å². The molecule has 0 unspecified atom stereocenters. The Morgan fingerprint density at radius 2 is 1.83 bits per heavy atom. The number of hydrogen-bond acceptors (Lipinski definition) is 5. The van der Waals surface area contributed by atoms with Gasteiger partial charge < -0.3 is 0 Å². The number of aromatic nitrogens is 4. The molecule has 2 heterocycles. The lowest BCUT2D eigenvalue weighted by atomic mass is 10.1. The van der Waals surface area contributed by atoms with Gasteiger partial charge in [-0.05, 0) is 13.0 Å². The number of fused-ring (bicyclic) bond motifs is 3. The maximum atomic E-state index is 6.21. The minimum Gasteiger partial charge on any atom is -0.259 e. The fraction of sp³-hybridized carbons (Fsp3) is 0.0588. The maximum absolute atomic E-state index is 6.21. The van der Waals surface area contributed by atoms with Crippen LogP contribution in [0.25, 0.3) is 16.4 Å². The first kappa shape index (κ1) is 14.6. The van der Waals surface area contributed by atoms with Crippen molar-refractivity contribution in [3.8, 4) is 0 Å². The first-order valence-corrected chi connectivity index (χ1v) is 7.76. The first-order chi connectivity index (χ1) is 11.7. The van der Waals surface area contributed by atoms with Gasteiger partial charge in [-0.3, -0.25) is 5.43 Å². The minimum absolute atomic E-state index is 0.629. The number of rotatable bonds is 3. The highest BCUT2D eigenvalue weighted by Gasteiger charge is 2.09. The Balaban J connectivity index is 1.79. The Labute approximate surface area is 142 Å². The van der Waals surface area contributed by atoms with Crippen molar-refractivity contribution >= 4 is 39.6 Å². The van der Waals surface area contributed by atoms with E-state index < -0.39 is 0 Å². The molecule has 2 aromatic heterocycles. The van der Waals surface area contributed by atoms with Crippen LogP contribution in [0.4, 0.5) is 5.82 Å². The number of benzene rings is 2. The molecule has 118 valence electrons. The molecule has 1 N–H and O–H groups in total. The summed E-state index contributed by atoms with van der Waals surface area (Å²) in [4.78, 5) is 0. The van der Waals surface area contributed by atoms with Crippen LogP contribution < -0.4 is 5.43 Å². The number of nitrogens with one attached hydrogen (secondary N) is 1. The third-order valence-corrected chi connectivity index (χ3v) is 4.08. The molecule has 0 aliphatic heterocycles. The van der Waals surface area contributed by atoms with Gasteiger partial charge in [-0.15, -0.1) is 15.3 Å². The standard InChI is InChI=1S/C17H13ClN6/c1-11(12-6-4-5-9-15(12)18)20-21-16-13-7-2-3-8-14(13)17-22-19-10-24(17)23-16/h2-10H,1H3,(H,21,23)/b20-11-. The van der Waals surface area contributed by atoms with Crippen LogP contribution in [0.5, 0.6) is 0 Å². The largest absolute Gasteiger partial charge is 0.259 e. The fourth-order valence-electron chi connectivity index (χ4n) is 2.56. The summed E-state index contributed by atoms with van der Waals surface area (Å²) in [5.74, 6) is 0.629. The zero-order valence-electron chi connectivity index (χ0n) is 12.8. The molecular weight excluding hydrogens is 324 g/mol. The smallest absolute Gasteiger partial charge is 0.185 e. The van der Waals surface area contributed by atoms with Gasteiger partial charge in [0, 0.05) is 21.4 Å². The normalized spacial score (nSPS) is 12.0. The van der Waals surface area contributed by atoms with E-state index in [4.69, 9.17) is 11.6 Å². The van der Waals surface area contributed by atoms with Crippen molar-refractivity contribution in [1.82, 2.24) is 19.8 Å². The number of halogens is 1. The van der Waals surface area contributed by atoms with E-state index in [1.807, 2.05) is 55.5 Å². The molecule has 4 rings (SSSR count). The molecule has 0 radical (unpaired) electrons. The van der Waals surface area contributed by atoms with E-state index in [1.165, 1.54) is 0 Å². The van der Waals surface area contributed by atoms with E-state index in [-0.39, 0.29) is 0 Å². The van der Waals surface area contributed by atoms with Crippen LogP contribution in [0, 0.1) is 0 Å². The topological polar surface area (TPSA) is 67.5 Å². The third-order valence-electron chi connectivity index (χ3n) is 3.75. The predicted molar refractivity (Wildman–Crippen MR) is 95.6 cm³/mol. The summed E-state index contributed by atoms with van der Waals surface area (Å²) in [6.07, 6.45) is 1.57. The Kier molecular flexibility index (Phi) is 3.59. The van der Waals surface area contributed by atoms with Crippen LogP contribution in [-0.2, 0) is 0 Å². The van der Waals surface area contributed by atoms with E-state index in [0.717, 1.165) is 22.0 Å². The fourth-order valence-corrected chi connectivity index (χ4v) is 2.83. The van der Waals surface area contributed by atoms with E-state index in [9.17, 15) is 0 Å². The second-order valence-electron chi connectivity index (χ2n) is 5.28. The second-order valence-corrected chi connectivity index (χ2v) is 5.69. The Morgan fingerprint density at radius 3 is 2.67 bits per heavy atom. The molecule has 0 amide bonds. The van der Waals surface area contributed by atoms with Crippen LogP contribution in [0.3, 0.4) is 0 Å². The molecule has 0 atom stereocenters. The number of nitrogens with zero attached hydrogens (tertiary/aromatic N) is 5. The Morgan fingerprint density at radius 1 is 1.08 bits per heavy atom. The molecular formula is C17H13ClN6. The molecule has 24 heavy (non-hydrogen) atoms. The zero-order valence-corrected chi connectivity index (χ0v) is 13.6. The third kappa shape index (κ3) is 2.47. The quantitative estimate of drug-likeness (QED) is 0.457. The number of hydrazone groups is 1. The van der Waals surface area contributed by atoms with Gasteiger partial charge in [0.05, 0.1) is 5.71 Å². The summed E-state index contributed by atoms with van der Waals surface area (Å²) in [5, 5.41) is 19.5. The molecule has 4 aromatic rings. The SMILES string of the molecule is C/C(=N/Nc1nn2cnnc2c2ccccc12)c1ccccc1Cl. The van der Waals surface area contributed by atoms with Crippen LogP contribution in [0.2, 0.25) is 5.02 Å². The van der Waals surface area contributed by atoms with Crippen molar-refractivity contribution < 1.29 is 0 Å². The highest BCUT2D eigenvalue weighted by molar-refractivity contribution is 6.34. The molecule has 0 fully saturated rings. The summed E-state index contributed by atoms with van der Waals surface area (Å²) < 4.78 is 1.63. The van der Waals surface area contributed by atoms with Crippen molar-refractivity contribution in [2.75, 3.05) is 5.43 Å². The Bertz CT molecular complexity index is 1070. The lowest BCUT2D eigenvalue weighted by Crippen LogP contribution is -2.04. The lowest BCUT2D eigenvalue weighted by molar-refractivity contribution is 0.934. The second kappa shape index (κ2) is 5.90. The van der Waals surface area contributed by atoms with Crippen molar-refractivity contribution in [2.45, 2.75) is 6.92 Å². The molecule has 0 spiro atoms. The van der Waals surface area contributed by atoms with Crippen LogP contribution >= 0.6 is 11.6 Å².